The molecular weight excluding hydrogens is 266 g/mol. The minimum Gasteiger partial charge on any atom is -0.354 e. The topological polar surface area (TPSA) is 70.2 Å². The first kappa shape index (κ1) is 15.4. The highest BCUT2D eigenvalue weighted by Gasteiger charge is 2.16. The third-order valence-electron chi connectivity index (χ3n) is 3.65. The Bertz CT molecular complexity index is 528. The molecule has 1 aliphatic rings. The van der Waals surface area contributed by atoms with Crippen molar-refractivity contribution in [3.63, 3.8) is 0 Å². The van der Waals surface area contributed by atoms with Crippen LogP contribution >= 0.6 is 0 Å². The lowest BCUT2D eigenvalue weighted by Gasteiger charge is -2.15. The predicted molar refractivity (Wildman–Crippen MR) is 83.4 cm³/mol. The lowest BCUT2D eigenvalue weighted by Crippen LogP contribution is -2.46. The van der Waals surface area contributed by atoms with Crippen molar-refractivity contribution in [1.29, 1.82) is 0 Å². The first-order chi connectivity index (χ1) is 10.1. The summed E-state index contributed by atoms with van der Waals surface area (Å²) in [5.74, 6) is -0.166. The molecule has 0 radical (unpaired) electrons. The van der Waals surface area contributed by atoms with Crippen molar-refractivity contribution < 1.29 is 9.59 Å². The number of fused-ring (bicyclic) bond motifs is 1. The van der Waals surface area contributed by atoms with E-state index in [0.717, 1.165) is 24.9 Å². The molecule has 3 amide bonds. The Morgan fingerprint density at radius 1 is 1.24 bits per heavy atom. The number of anilines is 1. The van der Waals surface area contributed by atoms with Crippen molar-refractivity contribution in [2.75, 3.05) is 11.9 Å². The Morgan fingerprint density at radius 2 is 2.00 bits per heavy atom. The molecule has 0 aromatic heterocycles. The van der Waals surface area contributed by atoms with E-state index in [4.69, 9.17) is 0 Å². The van der Waals surface area contributed by atoms with Crippen LogP contribution < -0.4 is 16.0 Å². The van der Waals surface area contributed by atoms with Gasteiger partial charge in [0.15, 0.2) is 0 Å². The van der Waals surface area contributed by atoms with Crippen LogP contribution in [0.4, 0.5) is 10.5 Å². The lowest BCUT2D eigenvalue weighted by atomic mass is 10.1. The minimum absolute atomic E-state index is 0.166. The van der Waals surface area contributed by atoms with Gasteiger partial charge in [0, 0.05) is 12.2 Å². The second-order valence-electron chi connectivity index (χ2n) is 5.45. The molecule has 0 heterocycles. The van der Waals surface area contributed by atoms with Gasteiger partial charge in [-0.2, -0.15) is 0 Å². The second-order valence-corrected chi connectivity index (χ2v) is 5.45. The van der Waals surface area contributed by atoms with Crippen LogP contribution in [-0.2, 0) is 17.6 Å². The van der Waals surface area contributed by atoms with E-state index in [-0.39, 0.29) is 11.9 Å². The van der Waals surface area contributed by atoms with Crippen molar-refractivity contribution in [2.45, 2.75) is 45.6 Å². The van der Waals surface area contributed by atoms with Gasteiger partial charge in [-0.25, -0.2) is 4.79 Å². The first-order valence-corrected chi connectivity index (χ1v) is 7.57. The number of amides is 3. The molecule has 1 aromatic carbocycles. The number of nitrogens with one attached hydrogen (secondary N) is 3. The van der Waals surface area contributed by atoms with Gasteiger partial charge >= 0.3 is 6.03 Å². The molecule has 1 aliphatic carbocycles. The van der Waals surface area contributed by atoms with Gasteiger partial charge in [0.2, 0.25) is 5.91 Å². The zero-order chi connectivity index (χ0) is 15.2. The molecule has 1 atom stereocenters. The summed E-state index contributed by atoms with van der Waals surface area (Å²) in [6.45, 7) is 4.28. The van der Waals surface area contributed by atoms with E-state index < -0.39 is 6.04 Å². The molecule has 1 aromatic rings. The molecule has 21 heavy (non-hydrogen) atoms. The molecule has 114 valence electrons. The molecule has 5 nitrogen and oxygen atoms in total. The third-order valence-corrected chi connectivity index (χ3v) is 3.65. The SMILES string of the molecule is CCCNC(=O)[C@H](C)NC(=O)Nc1ccc2c(c1)CCC2. The van der Waals surface area contributed by atoms with Gasteiger partial charge in [0.25, 0.3) is 0 Å². The molecular formula is C16H23N3O2. The Kier molecular flexibility index (Phi) is 5.20. The van der Waals surface area contributed by atoms with Crippen LogP contribution in [0.25, 0.3) is 0 Å². The van der Waals surface area contributed by atoms with Gasteiger partial charge in [0.1, 0.15) is 6.04 Å². The van der Waals surface area contributed by atoms with Gasteiger partial charge in [-0.1, -0.05) is 13.0 Å². The molecule has 0 unspecified atom stereocenters. The highest BCUT2D eigenvalue weighted by atomic mass is 16.2. The zero-order valence-corrected chi connectivity index (χ0v) is 12.7. The summed E-state index contributed by atoms with van der Waals surface area (Å²) in [7, 11) is 0. The van der Waals surface area contributed by atoms with Crippen molar-refractivity contribution in [3.05, 3.63) is 29.3 Å². The predicted octanol–water partition coefficient (Wildman–Crippen LogP) is 2.21. The summed E-state index contributed by atoms with van der Waals surface area (Å²) < 4.78 is 0. The Balaban J connectivity index is 1.85. The van der Waals surface area contributed by atoms with Crippen molar-refractivity contribution in [1.82, 2.24) is 10.6 Å². The number of urea groups is 1. The molecule has 0 aliphatic heterocycles. The van der Waals surface area contributed by atoms with Crippen molar-refractivity contribution >= 4 is 17.6 Å². The number of hydrogen-bond acceptors (Lipinski definition) is 2. The van der Waals surface area contributed by atoms with E-state index in [0.29, 0.717) is 6.54 Å². The molecule has 0 saturated heterocycles. The summed E-state index contributed by atoms with van der Waals surface area (Å²) in [5.41, 5.74) is 3.45. The normalized spacial score (nSPS) is 14.2. The Hall–Kier alpha value is -2.04. The van der Waals surface area contributed by atoms with E-state index in [1.54, 1.807) is 6.92 Å². The molecule has 3 N–H and O–H groups in total. The lowest BCUT2D eigenvalue weighted by molar-refractivity contribution is -0.122. The van der Waals surface area contributed by atoms with Crippen LogP contribution in [0, 0.1) is 0 Å². The third kappa shape index (κ3) is 4.21. The van der Waals surface area contributed by atoms with E-state index in [1.165, 1.54) is 17.5 Å². The molecule has 0 bridgehead atoms. The molecule has 2 rings (SSSR count). The van der Waals surface area contributed by atoms with Gasteiger partial charge < -0.3 is 16.0 Å². The summed E-state index contributed by atoms with van der Waals surface area (Å²) in [5, 5.41) is 8.18. The largest absolute Gasteiger partial charge is 0.354 e. The Labute approximate surface area is 125 Å². The molecule has 0 spiro atoms. The van der Waals surface area contributed by atoms with Crippen molar-refractivity contribution in [3.8, 4) is 0 Å². The van der Waals surface area contributed by atoms with Gasteiger partial charge in [0.05, 0.1) is 0 Å². The van der Waals surface area contributed by atoms with E-state index in [9.17, 15) is 9.59 Å². The highest BCUT2D eigenvalue weighted by Crippen LogP contribution is 2.24. The van der Waals surface area contributed by atoms with E-state index in [2.05, 4.69) is 22.0 Å². The fourth-order valence-corrected chi connectivity index (χ4v) is 2.48. The summed E-state index contributed by atoms with van der Waals surface area (Å²) >= 11 is 0. The highest BCUT2D eigenvalue weighted by molar-refractivity contribution is 5.93. The van der Waals surface area contributed by atoms with Crippen LogP contribution in [0.2, 0.25) is 0 Å². The standard InChI is InChI=1S/C16H23N3O2/c1-3-9-17-15(20)11(2)18-16(21)19-14-8-7-12-5-4-6-13(12)10-14/h7-8,10-11H,3-6,9H2,1-2H3,(H,17,20)(H2,18,19,21)/t11-/m0/s1. The smallest absolute Gasteiger partial charge is 0.319 e. The average molecular weight is 289 g/mol. The second kappa shape index (κ2) is 7.11. The monoisotopic (exact) mass is 289 g/mol. The molecule has 0 fully saturated rings. The fourth-order valence-electron chi connectivity index (χ4n) is 2.48. The minimum atomic E-state index is -0.550. The first-order valence-electron chi connectivity index (χ1n) is 7.57. The number of carbonyl (C=O) groups excluding carboxylic acids is 2. The maximum absolute atomic E-state index is 11.9. The average Bonchev–Trinajstić information content (AvgIpc) is 2.91. The molecule has 5 heteroatoms. The number of aryl methyl sites for hydroxylation is 2. The zero-order valence-electron chi connectivity index (χ0n) is 12.7. The summed E-state index contributed by atoms with van der Waals surface area (Å²) in [4.78, 5) is 23.6. The van der Waals surface area contributed by atoms with Crippen LogP contribution in [0.3, 0.4) is 0 Å². The quantitative estimate of drug-likeness (QED) is 0.778. The number of carbonyl (C=O) groups is 2. The van der Waals surface area contributed by atoms with Gasteiger partial charge in [-0.05, 0) is 55.9 Å². The van der Waals surface area contributed by atoms with Crippen LogP contribution in [-0.4, -0.2) is 24.5 Å². The van der Waals surface area contributed by atoms with Crippen LogP contribution in [0.1, 0.15) is 37.8 Å². The van der Waals surface area contributed by atoms with Crippen LogP contribution in [0.15, 0.2) is 18.2 Å². The fraction of sp³-hybridized carbons (Fsp3) is 0.500. The molecule has 0 saturated carbocycles. The summed E-state index contributed by atoms with van der Waals surface area (Å²) in [6.07, 6.45) is 4.25. The Morgan fingerprint density at radius 3 is 2.76 bits per heavy atom. The van der Waals surface area contributed by atoms with Crippen molar-refractivity contribution in [2.24, 2.45) is 0 Å². The number of rotatable bonds is 5. The van der Waals surface area contributed by atoms with Gasteiger partial charge in [-0.15, -0.1) is 0 Å². The number of hydrogen-bond donors (Lipinski definition) is 3. The van der Waals surface area contributed by atoms with E-state index >= 15 is 0 Å². The maximum atomic E-state index is 11.9. The van der Waals surface area contributed by atoms with E-state index in [1.807, 2.05) is 19.1 Å². The van der Waals surface area contributed by atoms with Crippen LogP contribution in [0.5, 0.6) is 0 Å². The maximum Gasteiger partial charge on any atom is 0.319 e. The summed E-state index contributed by atoms with van der Waals surface area (Å²) in [6, 6.07) is 5.09. The van der Waals surface area contributed by atoms with Gasteiger partial charge in [-0.3, -0.25) is 4.79 Å². The number of benzene rings is 1.